The molecule has 0 atom stereocenters. The molecule has 1 N–H and O–H groups in total. The molecule has 7 heteroatoms. The smallest absolute Gasteiger partial charge is 0.351 e. The van der Waals surface area contributed by atoms with Gasteiger partial charge in [-0.1, -0.05) is 0 Å². The van der Waals surface area contributed by atoms with Gasteiger partial charge >= 0.3 is 5.97 Å². The lowest BCUT2D eigenvalue weighted by Crippen LogP contribution is -1.97. The summed E-state index contributed by atoms with van der Waals surface area (Å²) in [6.45, 7) is 0. The standard InChI is InChI=1S/C13H7F2NO3S/c1-19-13(18)12-10(17)5-4-16-9-7(15)3-2-6(14)8(9)11(5)20-12/h2-4,17H,1H3. The van der Waals surface area contributed by atoms with Crippen LogP contribution in [0.2, 0.25) is 0 Å². The van der Waals surface area contributed by atoms with Crippen molar-refractivity contribution >= 4 is 38.3 Å². The fourth-order valence-corrected chi connectivity index (χ4v) is 3.12. The minimum atomic E-state index is -0.742. The summed E-state index contributed by atoms with van der Waals surface area (Å²) < 4.78 is 32.4. The number of halogens is 2. The number of rotatable bonds is 1. The normalized spacial score (nSPS) is 11.2. The molecule has 20 heavy (non-hydrogen) atoms. The van der Waals surface area contributed by atoms with Crippen molar-refractivity contribution in [1.29, 1.82) is 0 Å². The molecule has 2 aromatic heterocycles. The third-order valence-electron chi connectivity index (χ3n) is 2.92. The number of thiophene rings is 1. The maximum Gasteiger partial charge on any atom is 0.351 e. The molecule has 1 aromatic carbocycles. The summed E-state index contributed by atoms with van der Waals surface area (Å²) in [5.41, 5.74) is -0.143. The summed E-state index contributed by atoms with van der Waals surface area (Å²) in [5, 5.41) is 10.1. The van der Waals surface area contributed by atoms with Crippen molar-refractivity contribution in [2.45, 2.75) is 0 Å². The zero-order chi connectivity index (χ0) is 14.4. The second-order valence-corrected chi connectivity index (χ2v) is 5.05. The number of carbonyl (C=O) groups excluding carboxylic acids is 1. The predicted molar refractivity (Wildman–Crippen MR) is 70.0 cm³/mol. The van der Waals surface area contributed by atoms with Crippen LogP contribution in [-0.4, -0.2) is 23.2 Å². The lowest BCUT2D eigenvalue weighted by Gasteiger charge is -2.01. The molecule has 0 saturated carbocycles. The van der Waals surface area contributed by atoms with Gasteiger partial charge in [-0.05, 0) is 12.1 Å². The molecule has 4 nitrogen and oxygen atoms in total. The Labute approximate surface area is 115 Å². The molecule has 3 aromatic rings. The number of pyridine rings is 1. The lowest BCUT2D eigenvalue weighted by atomic mass is 10.1. The van der Waals surface area contributed by atoms with Crippen molar-refractivity contribution in [2.75, 3.05) is 7.11 Å². The zero-order valence-electron chi connectivity index (χ0n) is 10.1. The second kappa shape index (κ2) is 4.38. The van der Waals surface area contributed by atoms with Crippen LogP contribution in [0.5, 0.6) is 5.75 Å². The van der Waals surface area contributed by atoms with E-state index in [1.54, 1.807) is 0 Å². The van der Waals surface area contributed by atoms with Gasteiger partial charge in [-0.2, -0.15) is 0 Å². The summed E-state index contributed by atoms with van der Waals surface area (Å²) >= 11 is 0.838. The highest BCUT2D eigenvalue weighted by Gasteiger charge is 2.22. The lowest BCUT2D eigenvalue weighted by molar-refractivity contribution is 0.0603. The molecule has 0 fully saturated rings. The summed E-state index contributed by atoms with van der Waals surface area (Å²) in [7, 11) is 1.17. The van der Waals surface area contributed by atoms with Crippen LogP contribution in [0, 0.1) is 11.6 Å². The van der Waals surface area contributed by atoms with Crippen molar-refractivity contribution < 1.29 is 23.4 Å². The van der Waals surface area contributed by atoms with E-state index in [4.69, 9.17) is 0 Å². The van der Waals surface area contributed by atoms with Gasteiger partial charge in [0.15, 0.2) is 4.88 Å². The minimum absolute atomic E-state index is 0.0575. The molecule has 0 aliphatic rings. The van der Waals surface area contributed by atoms with E-state index in [1.807, 2.05) is 0 Å². The number of aromatic hydroxyl groups is 1. The molecular weight excluding hydrogens is 288 g/mol. The number of benzene rings is 1. The van der Waals surface area contributed by atoms with E-state index in [2.05, 4.69) is 9.72 Å². The molecule has 0 aliphatic heterocycles. The van der Waals surface area contributed by atoms with Crippen molar-refractivity contribution in [3.63, 3.8) is 0 Å². The number of nitrogens with zero attached hydrogens (tertiary/aromatic N) is 1. The van der Waals surface area contributed by atoms with Gasteiger partial charge in [0.1, 0.15) is 22.9 Å². The number of methoxy groups -OCH3 is 1. The number of ether oxygens (including phenoxy) is 1. The predicted octanol–water partition coefficient (Wildman–Crippen LogP) is 3.22. The van der Waals surface area contributed by atoms with Crippen LogP contribution in [0.1, 0.15) is 9.67 Å². The molecule has 3 rings (SSSR count). The molecule has 0 spiro atoms. The first-order chi connectivity index (χ1) is 9.54. The van der Waals surface area contributed by atoms with E-state index in [0.29, 0.717) is 0 Å². The molecule has 0 amide bonds. The van der Waals surface area contributed by atoms with Gasteiger partial charge in [0, 0.05) is 6.20 Å². The molecule has 0 unspecified atom stereocenters. The highest BCUT2D eigenvalue weighted by Crippen LogP contribution is 2.41. The number of aromatic nitrogens is 1. The van der Waals surface area contributed by atoms with Gasteiger partial charge < -0.3 is 9.84 Å². The van der Waals surface area contributed by atoms with E-state index >= 15 is 0 Å². The molecule has 102 valence electrons. The van der Waals surface area contributed by atoms with Gasteiger partial charge in [0.2, 0.25) is 0 Å². The fraction of sp³-hybridized carbons (Fsp3) is 0.0769. The molecule has 0 aliphatic carbocycles. The van der Waals surface area contributed by atoms with Gasteiger partial charge in [-0.3, -0.25) is 4.98 Å². The fourth-order valence-electron chi connectivity index (χ4n) is 1.98. The van der Waals surface area contributed by atoms with E-state index in [-0.39, 0.29) is 31.6 Å². The Bertz CT molecular complexity index is 860. The van der Waals surface area contributed by atoms with Gasteiger partial charge in [0.25, 0.3) is 0 Å². The Balaban J connectivity index is 2.49. The largest absolute Gasteiger partial charge is 0.505 e. The van der Waals surface area contributed by atoms with Crippen LogP contribution in [0.4, 0.5) is 8.78 Å². The van der Waals surface area contributed by atoms with Gasteiger partial charge in [-0.15, -0.1) is 11.3 Å². The van der Waals surface area contributed by atoms with E-state index in [9.17, 15) is 18.7 Å². The SMILES string of the molecule is COC(=O)c1sc2c(cnc3c(F)ccc(F)c32)c1O. The zero-order valence-corrected chi connectivity index (χ0v) is 10.9. The first-order valence-electron chi connectivity index (χ1n) is 5.51. The topological polar surface area (TPSA) is 59.4 Å². The quantitative estimate of drug-likeness (QED) is 0.700. The highest BCUT2D eigenvalue weighted by molar-refractivity contribution is 7.22. The number of carbonyl (C=O) groups is 1. The van der Waals surface area contributed by atoms with Crippen molar-refractivity contribution in [3.8, 4) is 5.75 Å². The molecule has 0 bridgehead atoms. The Hall–Kier alpha value is -2.28. The van der Waals surface area contributed by atoms with Crippen LogP contribution in [0.15, 0.2) is 18.3 Å². The summed E-state index contributed by atoms with van der Waals surface area (Å²) in [4.78, 5) is 15.3. The van der Waals surface area contributed by atoms with Crippen LogP contribution in [0.3, 0.4) is 0 Å². The minimum Gasteiger partial charge on any atom is -0.505 e. The highest BCUT2D eigenvalue weighted by atomic mass is 32.1. The van der Waals surface area contributed by atoms with Gasteiger partial charge in [-0.25, -0.2) is 13.6 Å². The third kappa shape index (κ3) is 1.63. The molecule has 2 heterocycles. The van der Waals surface area contributed by atoms with Crippen LogP contribution >= 0.6 is 11.3 Å². The Morgan fingerprint density at radius 3 is 2.75 bits per heavy atom. The Morgan fingerprint density at radius 2 is 2.05 bits per heavy atom. The average molecular weight is 295 g/mol. The molecule has 0 saturated heterocycles. The summed E-state index contributed by atoms with van der Waals surface area (Å²) in [5.74, 6) is -2.42. The number of hydrogen-bond acceptors (Lipinski definition) is 5. The molecule has 0 radical (unpaired) electrons. The van der Waals surface area contributed by atoms with Crippen molar-refractivity contribution in [1.82, 2.24) is 4.98 Å². The monoisotopic (exact) mass is 295 g/mol. The van der Waals surface area contributed by atoms with Gasteiger partial charge in [0.05, 0.1) is 22.6 Å². The average Bonchev–Trinajstić information content (AvgIpc) is 2.79. The number of esters is 1. The Kier molecular flexibility index (Phi) is 2.79. The second-order valence-electron chi connectivity index (χ2n) is 4.03. The first kappa shape index (κ1) is 12.7. The van der Waals surface area contributed by atoms with E-state index < -0.39 is 17.6 Å². The van der Waals surface area contributed by atoms with Crippen LogP contribution in [-0.2, 0) is 4.74 Å². The summed E-state index contributed by atoms with van der Waals surface area (Å²) in [6.07, 6.45) is 1.21. The van der Waals surface area contributed by atoms with Crippen molar-refractivity contribution in [2.24, 2.45) is 0 Å². The van der Waals surface area contributed by atoms with Crippen LogP contribution in [0.25, 0.3) is 21.0 Å². The van der Waals surface area contributed by atoms with Crippen LogP contribution < -0.4 is 0 Å². The Morgan fingerprint density at radius 1 is 1.35 bits per heavy atom. The maximum absolute atomic E-state index is 13.9. The maximum atomic E-state index is 13.9. The summed E-state index contributed by atoms with van der Waals surface area (Å²) in [6, 6.07) is 1.96. The number of hydrogen-bond donors (Lipinski definition) is 1. The first-order valence-corrected chi connectivity index (χ1v) is 6.32. The van der Waals surface area contributed by atoms with E-state index in [1.165, 1.54) is 13.3 Å². The molecular formula is C13H7F2NO3S. The van der Waals surface area contributed by atoms with E-state index in [0.717, 1.165) is 23.5 Å². The number of fused-ring (bicyclic) bond motifs is 3. The third-order valence-corrected chi connectivity index (χ3v) is 4.11. The van der Waals surface area contributed by atoms with Crippen molar-refractivity contribution in [3.05, 3.63) is 34.8 Å².